The Hall–Kier alpha value is -1.04. The van der Waals surface area contributed by atoms with E-state index in [1.807, 2.05) is 6.92 Å². The molecule has 0 aliphatic rings. The van der Waals surface area contributed by atoms with Gasteiger partial charge in [-0.3, -0.25) is 4.79 Å². The average Bonchev–Trinajstić information content (AvgIpc) is 2.07. The second-order valence-electron chi connectivity index (χ2n) is 2.58. The summed E-state index contributed by atoms with van der Waals surface area (Å²) in [4.78, 5) is 10.8. The predicted molar refractivity (Wildman–Crippen MR) is 45.3 cm³/mol. The minimum atomic E-state index is -0.203. The van der Waals surface area contributed by atoms with Crippen molar-refractivity contribution in [2.75, 3.05) is 6.61 Å². The van der Waals surface area contributed by atoms with E-state index in [1.54, 1.807) is 6.92 Å². The maximum absolute atomic E-state index is 10.8. The molecule has 0 aromatic heterocycles. The van der Waals surface area contributed by atoms with Gasteiger partial charge >= 0.3 is 5.97 Å². The highest BCUT2D eigenvalue weighted by Crippen LogP contribution is 2.09. The summed E-state index contributed by atoms with van der Waals surface area (Å²) >= 11 is 0. The molecule has 0 N–H and O–H groups in total. The largest absolute Gasteiger partial charge is 0.466 e. The second-order valence-corrected chi connectivity index (χ2v) is 2.58. The van der Waals surface area contributed by atoms with Gasteiger partial charge in [-0.1, -0.05) is 6.92 Å². The lowest BCUT2D eigenvalue weighted by molar-refractivity contribution is -0.143. The highest BCUT2D eigenvalue weighted by Gasteiger charge is 2.08. The van der Waals surface area contributed by atoms with Crippen LogP contribution in [0.2, 0.25) is 0 Å². The second kappa shape index (κ2) is 6.66. The lowest BCUT2D eigenvalue weighted by atomic mass is 10.0. The number of hydrogen-bond donors (Lipinski definition) is 0. The molecular formula is C9H15NO2. The first kappa shape index (κ1) is 11.0. The Labute approximate surface area is 73.3 Å². The Morgan fingerprint density at radius 2 is 2.25 bits per heavy atom. The Kier molecular flexibility index (Phi) is 6.08. The van der Waals surface area contributed by atoms with Crippen LogP contribution in [0.4, 0.5) is 0 Å². The Morgan fingerprint density at radius 3 is 2.67 bits per heavy atom. The van der Waals surface area contributed by atoms with Gasteiger partial charge in [0.2, 0.25) is 0 Å². The van der Waals surface area contributed by atoms with Gasteiger partial charge in [0.25, 0.3) is 0 Å². The fraction of sp³-hybridized carbons (Fsp3) is 0.778. The minimum absolute atomic E-state index is 0.00518. The zero-order valence-electron chi connectivity index (χ0n) is 7.67. The quantitative estimate of drug-likeness (QED) is 0.590. The maximum Gasteiger partial charge on any atom is 0.305 e. The smallest absolute Gasteiger partial charge is 0.305 e. The Bertz CT molecular complexity index is 172. The molecule has 0 rings (SSSR count). The molecular weight excluding hydrogens is 154 g/mol. The van der Waals surface area contributed by atoms with Crippen molar-refractivity contribution in [2.24, 2.45) is 5.92 Å². The van der Waals surface area contributed by atoms with Crippen molar-refractivity contribution in [1.29, 1.82) is 5.26 Å². The number of rotatable bonds is 5. The van der Waals surface area contributed by atoms with E-state index in [1.165, 1.54) is 0 Å². The summed E-state index contributed by atoms with van der Waals surface area (Å²) in [5, 5.41) is 8.57. The molecule has 0 bridgehead atoms. The van der Waals surface area contributed by atoms with E-state index in [-0.39, 0.29) is 11.9 Å². The number of hydrogen-bond acceptors (Lipinski definition) is 3. The molecule has 1 atom stereocenters. The topological polar surface area (TPSA) is 50.1 Å². The number of nitrogens with zero attached hydrogens (tertiary/aromatic N) is 1. The van der Waals surface area contributed by atoms with Crippen LogP contribution in [-0.2, 0) is 9.53 Å². The zero-order valence-corrected chi connectivity index (χ0v) is 7.67. The SMILES string of the molecule is CCOC(=O)CCC(C#N)CC. The fourth-order valence-electron chi connectivity index (χ4n) is 0.885. The van der Waals surface area contributed by atoms with Gasteiger partial charge < -0.3 is 4.74 Å². The van der Waals surface area contributed by atoms with E-state index in [9.17, 15) is 4.79 Å². The summed E-state index contributed by atoms with van der Waals surface area (Å²) in [5.74, 6) is -0.208. The Morgan fingerprint density at radius 1 is 1.58 bits per heavy atom. The normalized spacial score (nSPS) is 11.8. The lowest BCUT2D eigenvalue weighted by Crippen LogP contribution is -2.06. The van der Waals surface area contributed by atoms with Crippen LogP contribution in [0.15, 0.2) is 0 Å². The molecule has 3 heteroatoms. The number of ether oxygens (including phenoxy) is 1. The van der Waals surface area contributed by atoms with E-state index < -0.39 is 0 Å². The summed E-state index contributed by atoms with van der Waals surface area (Å²) in [6.07, 6.45) is 1.78. The van der Waals surface area contributed by atoms with Crippen LogP contribution in [0, 0.1) is 17.2 Å². The average molecular weight is 169 g/mol. The van der Waals surface area contributed by atoms with Crippen LogP contribution in [0.1, 0.15) is 33.1 Å². The number of carbonyl (C=O) groups excluding carboxylic acids is 1. The summed E-state index contributed by atoms with van der Waals surface area (Å²) in [5.41, 5.74) is 0. The van der Waals surface area contributed by atoms with Crippen molar-refractivity contribution >= 4 is 5.97 Å². The molecule has 0 aliphatic carbocycles. The molecule has 0 fully saturated rings. The standard InChI is InChI=1S/C9H15NO2/c1-3-8(7-10)5-6-9(11)12-4-2/h8H,3-6H2,1-2H3. The molecule has 0 aliphatic heterocycles. The van der Waals surface area contributed by atoms with Gasteiger partial charge in [-0.15, -0.1) is 0 Å². The number of esters is 1. The molecule has 0 radical (unpaired) electrons. The first-order valence-corrected chi connectivity index (χ1v) is 4.29. The molecule has 3 nitrogen and oxygen atoms in total. The third-order valence-electron chi connectivity index (χ3n) is 1.68. The van der Waals surface area contributed by atoms with Gasteiger partial charge in [-0.25, -0.2) is 0 Å². The van der Waals surface area contributed by atoms with E-state index in [0.29, 0.717) is 19.4 Å². The molecule has 1 unspecified atom stereocenters. The van der Waals surface area contributed by atoms with Crippen molar-refractivity contribution in [3.8, 4) is 6.07 Å². The minimum Gasteiger partial charge on any atom is -0.466 e. The molecule has 0 heterocycles. The van der Waals surface area contributed by atoms with Gasteiger partial charge in [0.1, 0.15) is 0 Å². The molecule has 0 aromatic rings. The summed E-state index contributed by atoms with van der Waals surface area (Å²) in [6, 6.07) is 2.14. The first-order valence-electron chi connectivity index (χ1n) is 4.29. The summed E-state index contributed by atoms with van der Waals surface area (Å²) in [7, 11) is 0. The van der Waals surface area contributed by atoms with Crippen molar-refractivity contribution in [3.63, 3.8) is 0 Å². The van der Waals surface area contributed by atoms with Gasteiger partial charge in [0.05, 0.1) is 12.7 Å². The summed E-state index contributed by atoms with van der Waals surface area (Å²) < 4.78 is 4.73. The maximum atomic E-state index is 10.8. The molecule has 0 amide bonds. The fourth-order valence-corrected chi connectivity index (χ4v) is 0.885. The van der Waals surface area contributed by atoms with E-state index in [0.717, 1.165) is 6.42 Å². The first-order chi connectivity index (χ1) is 5.74. The lowest BCUT2D eigenvalue weighted by Gasteiger charge is -2.04. The van der Waals surface area contributed by atoms with Crippen molar-refractivity contribution < 1.29 is 9.53 Å². The molecule has 0 spiro atoms. The van der Waals surface area contributed by atoms with Crippen LogP contribution in [0.5, 0.6) is 0 Å². The number of nitriles is 1. The third kappa shape index (κ3) is 4.73. The van der Waals surface area contributed by atoms with Crippen molar-refractivity contribution in [2.45, 2.75) is 33.1 Å². The van der Waals surface area contributed by atoms with Gasteiger partial charge in [-0.05, 0) is 19.8 Å². The Balaban J connectivity index is 3.53. The molecule has 0 saturated heterocycles. The van der Waals surface area contributed by atoms with Crippen LogP contribution in [0.25, 0.3) is 0 Å². The van der Waals surface area contributed by atoms with Crippen molar-refractivity contribution in [3.05, 3.63) is 0 Å². The van der Waals surface area contributed by atoms with E-state index >= 15 is 0 Å². The third-order valence-corrected chi connectivity index (χ3v) is 1.68. The highest BCUT2D eigenvalue weighted by atomic mass is 16.5. The van der Waals surface area contributed by atoms with E-state index in [4.69, 9.17) is 10.00 Å². The van der Waals surface area contributed by atoms with Crippen molar-refractivity contribution in [1.82, 2.24) is 0 Å². The highest BCUT2D eigenvalue weighted by molar-refractivity contribution is 5.69. The summed E-state index contributed by atoms with van der Waals surface area (Å²) in [6.45, 7) is 4.14. The predicted octanol–water partition coefficient (Wildman–Crippen LogP) is 1.88. The van der Waals surface area contributed by atoms with Gasteiger partial charge in [0.15, 0.2) is 0 Å². The zero-order chi connectivity index (χ0) is 9.40. The van der Waals surface area contributed by atoms with Crippen LogP contribution < -0.4 is 0 Å². The van der Waals surface area contributed by atoms with Crippen LogP contribution >= 0.6 is 0 Å². The molecule has 12 heavy (non-hydrogen) atoms. The molecule has 0 saturated carbocycles. The van der Waals surface area contributed by atoms with E-state index in [2.05, 4.69) is 6.07 Å². The van der Waals surface area contributed by atoms with Gasteiger partial charge in [0, 0.05) is 12.3 Å². The molecule has 0 aromatic carbocycles. The van der Waals surface area contributed by atoms with Gasteiger partial charge in [-0.2, -0.15) is 5.26 Å². The monoisotopic (exact) mass is 169 g/mol. The molecule has 68 valence electrons. The van der Waals surface area contributed by atoms with Crippen LogP contribution in [-0.4, -0.2) is 12.6 Å². The number of carbonyl (C=O) groups is 1. The van der Waals surface area contributed by atoms with Crippen LogP contribution in [0.3, 0.4) is 0 Å².